The van der Waals surface area contributed by atoms with Gasteiger partial charge in [0.15, 0.2) is 6.61 Å². The summed E-state index contributed by atoms with van der Waals surface area (Å²) in [5, 5.41) is 4.55. The lowest BCUT2D eigenvalue weighted by Crippen LogP contribution is -2.39. The Bertz CT molecular complexity index is 564. The molecular formula is C15H19F3N2O4. The van der Waals surface area contributed by atoms with Crippen molar-refractivity contribution in [2.75, 3.05) is 19.8 Å². The van der Waals surface area contributed by atoms with Gasteiger partial charge < -0.3 is 20.1 Å². The predicted molar refractivity (Wildman–Crippen MR) is 79.6 cm³/mol. The summed E-state index contributed by atoms with van der Waals surface area (Å²) in [7, 11) is 0. The van der Waals surface area contributed by atoms with E-state index in [0.29, 0.717) is 12.4 Å². The predicted octanol–water partition coefficient (Wildman–Crippen LogP) is 2.55. The van der Waals surface area contributed by atoms with E-state index in [9.17, 15) is 22.8 Å². The average molecular weight is 348 g/mol. The summed E-state index contributed by atoms with van der Waals surface area (Å²) in [5.74, 6) is 0.0956. The highest BCUT2D eigenvalue weighted by molar-refractivity contribution is 5.82. The molecule has 1 rings (SSSR count). The third-order valence-electron chi connectivity index (χ3n) is 2.81. The van der Waals surface area contributed by atoms with Crippen molar-refractivity contribution in [1.29, 1.82) is 0 Å². The first kappa shape index (κ1) is 19.6. The largest absolute Gasteiger partial charge is 0.494 e. The molecule has 0 bridgehead atoms. The molecule has 0 heterocycles. The van der Waals surface area contributed by atoms with Crippen LogP contribution in [0.15, 0.2) is 24.3 Å². The minimum atomic E-state index is -4.61. The quantitative estimate of drug-likeness (QED) is 0.794. The molecular weight excluding hydrogens is 329 g/mol. The maximum atomic E-state index is 11.9. The summed E-state index contributed by atoms with van der Waals surface area (Å²) in [6.07, 6.45) is -5.92. The van der Waals surface area contributed by atoms with Gasteiger partial charge in [0, 0.05) is 0 Å². The molecule has 6 nitrogen and oxygen atoms in total. The number of rotatable bonds is 7. The van der Waals surface area contributed by atoms with Crippen LogP contribution in [0.25, 0.3) is 0 Å². The van der Waals surface area contributed by atoms with Gasteiger partial charge in [0.2, 0.25) is 5.91 Å². The van der Waals surface area contributed by atoms with Crippen LogP contribution >= 0.6 is 0 Å². The molecule has 0 aliphatic carbocycles. The number of benzene rings is 1. The number of hydrogen-bond donors (Lipinski definition) is 2. The number of carbonyl (C=O) groups is 2. The molecule has 2 N–H and O–H groups in total. The Morgan fingerprint density at radius 2 is 2.00 bits per heavy atom. The van der Waals surface area contributed by atoms with Crippen molar-refractivity contribution in [2.24, 2.45) is 0 Å². The second-order valence-corrected chi connectivity index (χ2v) is 4.84. The number of nitrogens with one attached hydrogen (secondary N) is 2. The van der Waals surface area contributed by atoms with Crippen LogP contribution in [0.5, 0.6) is 5.75 Å². The molecule has 1 atom stereocenters. The first-order valence-corrected chi connectivity index (χ1v) is 7.20. The van der Waals surface area contributed by atoms with Gasteiger partial charge in [-0.25, -0.2) is 4.79 Å². The molecule has 0 unspecified atom stereocenters. The van der Waals surface area contributed by atoms with Gasteiger partial charge in [0.1, 0.15) is 12.3 Å². The highest BCUT2D eigenvalue weighted by atomic mass is 19.4. The Balaban J connectivity index is 2.41. The summed E-state index contributed by atoms with van der Waals surface area (Å²) in [5.41, 5.74) is 0.786. The summed E-state index contributed by atoms with van der Waals surface area (Å²) in [4.78, 5) is 22.7. The van der Waals surface area contributed by atoms with Gasteiger partial charge >= 0.3 is 12.3 Å². The maximum Gasteiger partial charge on any atom is 0.422 e. The van der Waals surface area contributed by atoms with Gasteiger partial charge in [-0.15, -0.1) is 0 Å². The van der Waals surface area contributed by atoms with E-state index in [4.69, 9.17) is 4.74 Å². The van der Waals surface area contributed by atoms with Crippen LogP contribution in [0.3, 0.4) is 0 Å². The van der Waals surface area contributed by atoms with Crippen molar-refractivity contribution in [2.45, 2.75) is 26.1 Å². The average Bonchev–Trinajstić information content (AvgIpc) is 2.51. The summed E-state index contributed by atoms with van der Waals surface area (Å²) < 4.78 is 44.9. The molecule has 1 aromatic rings. The molecule has 0 aliphatic heterocycles. The Hall–Kier alpha value is -2.45. The monoisotopic (exact) mass is 348 g/mol. The van der Waals surface area contributed by atoms with Crippen LogP contribution < -0.4 is 15.4 Å². The van der Waals surface area contributed by atoms with Crippen molar-refractivity contribution >= 4 is 12.0 Å². The summed E-state index contributed by atoms with van der Waals surface area (Å²) in [6.45, 7) is 1.88. The first-order chi connectivity index (χ1) is 11.2. The molecule has 1 aromatic carbocycles. The fourth-order valence-corrected chi connectivity index (χ4v) is 1.77. The van der Waals surface area contributed by atoms with Gasteiger partial charge in [-0.1, -0.05) is 12.1 Å². The normalized spacial score (nSPS) is 12.2. The van der Waals surface area contributed by atoms with E-state index in [0.717, 1.165) is 5.56 Å². The van der Waals surface area contributed by atoms with Crippen molar-refractivity contribution < 1.29 is 32.2 Å². The number of amides is 2. The second-order valence-electron chi connectivity index (χ2n) is 4.84. The van der Waals surface area contributed by atoms with Crippen LogP contribution in [-0.4, -0.2) is 37.9 Å². The smallest absolute Gasteiger partial charge is 0.422 e. The fourth-order valence-electron chi connectivity index (χ4n) is 1.77. The Labute approximate surface area is 137 Å². The van der Waals surface area contributed by atoms with E-state index in [1.807, 2.05) is 12.2 Å². The number of alkyl halides is 3. The van der Waals surface area contributed by atoms with Crippen molar-refractivity contribution in [3.63, 3.8) is 0 Å². The molecule has 24 heavy (non-hydrogen) atoms. The van der Waals surface area contributed by atoms with E-state index in [1.165, 1.54) is 0 Å². The molecule has 9 heteroatoms. The van der Waals surface area contributed by atoms with Crippen LogP contribution in [0, 0.1) is 0 Å². The lowest BCUT2D eigenvalue weighted by molar-refractivity contribution is -0.160. The van der Waals surface area contributed by atoms with Crippen molar-refractivity contribution in [3.8, 4) is 5.75 Å². The van der Waals surface area contributed by atoms with Gasteiger partial charge in [0.25, 0.3) is 0 Å². The number of ether oxygens (including phenoxy) is 2. The van der Waals surface area contributed by atoms with Crippen LogP contribution in [0.4, 0.5) is 18.0 Å². The molecule has 2 amide bonds. The zero-order chi connectivity index (χ0) is 18.2. The van der Waals surface area contributed by atoms with Gasteiger partial charge in [-0.2, -0.15) is 13.2 Å². The molecule has 0 saturated heterocycles. The van der Waals surface area contributed by atoms with E-state index < -0.39 is 31.3 Å². The number of carbonyl (C=O) groups excluding carboxylic acids is 2. The zero-order valence-electron chi connectivity index (χ0n) is 13.3. The minimum absolute atomic E-state index is 0.370. The lowest BCUT2D eigenvalue weighted by Gasteiger charge is -2.16. The fraction of sp³-hybridized carbons (Fsp3) is 0.467. The van der Waals surface area contributed by atoms with E-state index in [2.05, 4.69) is 10.1 Å². The van der Waals surface area contributed by atoms with Crippen LogP contribution in [0.2, 0.25) is 0 Å². The molecule has 0 radical (unpaired) electrons. The van der Waals surface area contributed by atoms with Gasteiger partial charge in [0.05, 0.1) is 12.6 Å². The van der Waals surface area contributed by atoms with Crippen LogP contribution in [0.1, 0.15) is 25.5 Å². The highest BCUT2D eigenvalue weighted by Gasteiger charge is 2.29. The molecule has 0 aromatic heterocycles. The van der Waals surface area contributed by atoms with Crippen LogP contribution in [-0.2, 0) is 9.53 Å². The Kier molecular flexibility index (Phi) is 7.34. The SMILES string of the molecule is CCOc1cccc([C@@H](C)NC(=O)CNC(=O)OCC(F)(F)F)c1. The van der Waals surface area contributed by atoms with E-state index in [-0.39, 0.29) is 6.04 Å². The number of alkyl carbamates (subject to hydrolysis) is 1. The summed E-state index contributed by atoms with van der Waals surface area (Å²) >= 11 is 0. The molecule has 0 fully saturated rings. The third kappa shape index (κ3) is 7.70. The maximum absolute atomic E-state index is 11.9. The third-order valence-corrected chi connectivity index (χ3v) is 2.81. The zero-order valence-corrected chi connectivity index (χ0v) is 13.3. The first-order valence-electron chi connectivity index (χ1n) is 7.20. The van der Waals surface area contributed by atoms with Gasteiger partial charge in [-0.05, 0) is 31.5 Å². The van der Waals surface area contributed by atoms with E-state index in [1.54, 1.807) is 31.2 Å². The van der Waals surface area contributed by atoms with Crippen molar-refractivity contribution in [1.82, 2.24) is 10.6 Å². The number of hydrogen-bond acceptors (Lipinski definition) is 4. The minimum Gasteiger partial charge on any atom is -0.494 e. The van der Waals surface area contributed by atoms with Gasteiger partial charge in [-0.3, -0.25) is 4.79 Å². The topological polar surface area (TPSA) is 76.7 Å². The molecule has 134 valence electrons. The van der Waals surface area contributed by atoms with E-state index >= 15 is 0 Å². The highest BCUT2D eigenvalue weighted by Crippen LogP contribution is 2.19. The number of halogens is 3. The lowest BCUT2D eigenvalue weighted by atomic mass is 10.1. The standard InChI is InChI=1S/C15H19F3N2O4/c1-3-23-12-6-4-5-11(7-12)10(2)20-13(21)8-19-14(22)24-9-15(16,17)18/h4-7,10H,3,8-9H2,1-2H3,(H,19,22)(H,20,21)/t10-/m1/s1. The second kappa shape index (κ2) is 8.99. The molecule has 0 aliphatic rings. The molecule has 0 spiro atoms. The summed E-state index contributed by atoms with van der Waals surface area (Å²) in [6, 6.07) is 6.74. The Morgan fingerprint density at radius 1 is 1.29 bits per heavy atom. The Morgan fingerprint density at radius 3 is 2.62 bits per heavy atom. The molecule has 0 saturated carbocycles. The van der Waals surface area contributed by atoms with Crippen molar-refractivity contribution in [3.05, 3.63) is 29.8 Å².